The van der Waals surface area contributed by atoms with Gasteiger partial charge in [-0.15, -0.1) is 0 Å². The van der Waals surface area contributed by atoms with E-state index in [1.807, 2.05) is 25.7 Å². The zero-order chi connectivity index (χ0) is 19.9. The van der Waals surface area contributed by atoms with Crippen LogP contribution >= 0.6 is 0 Å². The lowest BCUT2D eigenvalue weighted by molar-refractivity contribution is 0.145. The average Bonchev–Trinajstić information content (AvgIpc) is 2.56. The Morgan fingerprint density at radius 3 is 2.59 bits per heavy atom. The minimum absolute atomic E-state index is 0.252. The molecule has 1 aliphatic heterocycles. The molecule has 0 spiro atoms. The maximum absolute atomic E-state index is 14.8. The van der Waals surface area contributed by atoms with Gasteiger partial charge in [-0.2, -0.15) is 0 Å². The number of pyridine rings is 1. The summed E-state index contributed by atoms with van der Waals surface area (Å²) in [6.07, 6.45) is -1.26. The number of para-hydroxylation sites is 1. The zero-order valence-electron chi connectivity index (χ0n) is 15.9. The standard InChI is InChI=1S/C21H22F3N3/c1-12(2)11-27-19-15(7-6-8-16(19)22)18(26-21(27,4)5)14-9-13(3)17(20(23)24)25-10-14/h6-10,20H,1,11H2,2-5H3. The first-order valence-corrected chi connectivity index (χ1v) is 8.67. The average molecular weight is 373 g/mol. The van der Waals surface area contributed by atoms with Crippen LogP contribution in [0.5, 0.6) is 0 Å². The van der Waals surface area contributed by atoms with Crippen molar-refractivity contribution in [1.82, 2.24) is 4.98 Å². The van der Waals surface area contributed by atoms with Gasteiger partial charge in [0.1, 0.15) is 17.2 Å². The van der Waals surface area contributed by atoms with Crippen molar-refractivity contribution in [2.75, 3.05) is 11.4 Å². The van der Waals surface area contributed by atoms with Gasteiger partial charge in [-0.05, 0) is 45.4 Å². The number of anilines is 1. The topological polar surface area (TPSA) is 28.5 Å². The summed E-state index contributed by atoms with van der Waals surface area (Å²) in [6, 6.07) is 6.45. The van der Waals surface area contributed by atoms with Gasteiger partial charge in [-0.25, -0.2) is 13.2 Å². The third-order valence-corrected chi connectivity index (χ3v) is 4.58. The van der Waals surface area contributed by atoms with Gasteiger partial charge in [-0.3, -0.25) is 9.98 Å². The highest BCUT2D eigenvalue weighted by Gasteiger charge is 2.36. The molecule has 0 bridgehead atoms. The van der Waals surface area contributed by atoms with Crippen LogP contribution in [0.2, 0.25) is 0 Å². The van der Waals surface area contributed by atoms with Crippen molar-refractivity contribution >= 4 is 11.4 Å². The molecule has 142 valence electrons. The van der Waals surface area contributed by atoms with Gasteiger partial charge in [0.15, 0.2) is 0 Å². The Hall–Kier alpha value is -2.63. The molecule has 1 aromatic heterocycles. The molecule has 1 aliphatic rings. The summed E-state index contributed by atoms with van der Waals surface area (Å²) in [4.78, 5) is 10.6. The van der Waals surface area contributed by atoms with E-state index in [4.69, 9.17) is 4.99 Å². The second-order valence-corrected chi connectivity index (χ2v) is 7.36. The number of nitrogens with zero attached hydrogens (tertiary/aromatic N) is 3. The van der Waals surface area contributed by atoms with E-state index >= 15 is 0 Å². The maximum atomic E-state index is 14.8. The third-order valence-electron chi connectivity index (χ3n) is 4.58. The number of aromatic nitrogens is 1. The van der Waals surface area contributed by atoms with Gasteiger partial charge in [-0.1, -0.05) is 24.3 Å². The summed E-state index contributed by atoms with van der Waals surface area (Å²) < 4.78 is 40.9. The van der Waals surface area contributed by atoms with E-state index in [1.165, 1.54) is 12.3 Å². The molecule has 0 atom stereocenters. The number of hydrogen-bond donors (Lipinski definition) is 0. The van der Waals surface area contributed by atoms with Crippen LogP contribution < -0.4 is 4.90 Å². The third kappa shape index (κ3) is 3.48. The van der Waals surface area contributed by atoms with E-state index in [0.29, 0.717) is 34.6 Å². The lowest BCUT2D eigenvalue weighted by Gasteiger charge is -2.42. The first kappa shape index (κ1) is 19.1. The lowest BCUT2D eigenvalue weighted by Crippen LogP contribution is -2.48. The smallest absolute Gasteiger partial charge is 0.280 e. The quantitative estimate of drug-likeness (QED) is 0.668. The van der Waals surface area contributed by atoms with E-state index in [2.05, 4.69) is 11.6 Å². The molecule has 0 radical (unpaired) electrons. The molecule has 2 heterocycles. The van der Waals surface area contributed by atoms with Gasteiger partial charge in [0, 0.05) is 23.9 Å². The van der Waals surface area contributed by atoms with Crippen LogP contribution in [0.15, 0.2) is 47.6 Å². The second-order valence-electron chi connectivity index (χ2n) is 7.36. The van der Waals surface area contributed by atoms with E-state index < -0.39 is 12.1 Å². The molecule has 0 amide bonds. The highest BCUT2D eigenvalue weighted by Crippen LogP contribution is 2.38. The summed E-state index contributed by atoms with van der Waals surface area (Å²) in [5.74, 6) is -0.358. The number of rotatable bonds is 4. The summed E-state index contributed by atoms with van der Waals surface area (Å²) in [7, 11) is 0. The normalized spacial score (nSPS) is 15.6. The first-order chi connectivity index (χ1) is 12.6. The van der Waals surface area contributed by atoms with E-state index in [0.717, 1.165) is 5.57 Å². The Kier molecular flexibility index (Phi) is 4.84. The SMILES string of the molecule is C=C(C)CN1c2c(F)cccc2C(c2cnc(C(F)F)c(C)c2)=NC1(C)C. The van der Waals surface area contributed by atoms with Crippen LogP contribution in [0.3, 0.4) is 0 Å². The molecule has 6 heteroatoms. The van der Waals surface area contributed by atoms with Crippen molar-refractivity contribution in [3.05, 3.63) is 70.8 Å². The minimum atomic E-state index is -2.64. The molecule has 0 saturated carbocycles. The van der Waals surface area contributed by atoms with Crippen molar-refractivity contribution in [3.63, 3.8) is 0 Å². The fourth-order valence-electron chi connectivity index (χ4n) is 3.35. The Balaban J connectivity index is 2.20. The van der Waals surface area contributed by atoms with Crippen LogP contribution in [-0.2, 0) is 0 Å². The van der Waals surface area contributed by atoms with E-state index in [-0.39, 0.29) is 11.5 Å². The van der Waals surface area contributed by atoms with Gasteiger partial charge in [0.05, 0.1) is 11.4 Å². The highest BCUT2D eigenvalue weighted by atomic mass is 19.3. The molecule has 3 nitrogen and oxygen atoms in total. The van der Waals surface area contributed by atoms with Crippen molar-refractivity contribution < 1.29 is 13.2 Å². The maximum Gasteiger partial charge on any atom is 0.280 e. The molecule has 0 aliphatic carbocycles. The molecule has 3 rings (SSSR count). The van der Waals surface area contributed by atoms with Crippen molar-refractivity contribution in [2.45, 2.75) is 39.8 Å². The predicted octanol–water partition coefficient (Wildman–Crippen LogP) is 5.44. The van der Waals surface area contributed by atoms with Gasteiger partial charge < -0.3 is 4.90 Å². The van der Waals surface area contributed by atoms with Crippen LogP contribution in [0.1, 0.15) is 49.6 Å². The number of aryl methyl sites for hydroxylation is 1. The monoisotopic (exact) mass is 373 g/mol. The van der Waals surface area contributed by atoms with Crippen molar-refractivity contribution in [3.8, 4) is 0 Å². The van der Waals surface area contributed by atoms with Crippen LogP contribution in [0.4, 0.5) is 18.9 Å². The van der Waals surface area contributed by atoms with Gasteiger partial charge in [0.2, 0.25) is 0 Å². The fraction of sp³-hybridized carbons (Fsp3) is 0.333. The summed E-state index contributed by atoms with van der Waals surface area (Å²) >= 11 is 0. The number of benzene rings is 1. The number of halogens is 3. The summed E-state index contributed by atoms with van der Waals surface area (Å²) in [5.41, 5.74) is 2.46. The number of fused-ring (bicyclic) bond motifs is 1. The van der Waals surface area contributed by atoms with E-state index in [1.54, 1.807) is 25.1 Å². The Labute approximate surface area is 157 Å². The van der Waals surface area contributed by atoms with Gasteiger partial charge >= 0.3 is 0 Å². The molecule has 27 heavy (non-hydrogen) atoms. The zero-order valence-corrected chi connectivity index (χ0v) is 15.9. The Morgan fingerprint density at radius 1 is 1.30 bits per heavy atom. The van der Waals surface area contributed by atoms with Crippen LogP contribution in [-0.4, -0.2) is 22.9 Å². The van der Waals surface area contributed by atoms with Crippen molar-refractivity contribution in [1.29, 1.82) is 0 Å². The fourth-order valence-corrected chi connectivity index (χ4v) is 3.35. The number of hydrogen-bond acceptors (Lipinski definition) is 3. The summed E-state index contributed by atoms with van der Waals surface area (Å²) in [5, 5.41) is 0. The molecular weight excluding hydrogens is 351 g/mol. The molecule has 2 aromatic rings. The molecule has 0 N–H and O–H groups in total. The Morgan fingerprint density at radius 2 is 2.00 bits per heavy atom. The second kappa shape index (κ2) is 6.83. The van der Waals surface area contributed by atoms with Crippen LogP contribution in [0.25, 0.3) is 0 Å². The lowest BCUT2D eigenvalue weighted by atomic mass is 9.94. The molecule has 0 saturated heterocycles. The van der Waals surface area contributed by atoms with Crippen molar-refractivity contribution in [2.24, 2.45) is 4.99 Å². The largest absolute Gasteiger partial charge is 0.341 e. The minimum Gasteiger partial charge on any atom is -0.341 e. The van der Waals surface area contributed by atoms with E-state index in [9.17, 15) is 13.2 Å². The highest BCUT2D eigenvalue weighted by molar-refractivity contribution is 6.17. The van der Waals surface area contributed by atoms with Gasteiger partial charge in [0.25, 0.3) is 6.43 Å². The number of aliphatic imine (C=N–C) groups is 1. The van der Waals surface area contributed by atoms with Crippen LogP contribution in [0, 0.1) is 12.7 Å². The number of alkyl halides is 2. The predicted molar refractivity (Wildman–Crippen MR) is 102 cm³/mol. The first-order valence-electron chi connectivity index (χ1n) is 8.67. The molecular formula is C21H22F3N3. The molecule has 1 aromatic carbocycles. The molecule has 0 unspecified atom stereocenters. The molecule has 0 fully saturated rings. The summed E-state index contributed by atoms with van der Waals surface area (Å²) in [6.45, 7) is 11.6. The Bertz CT molecular complexity index is 932.